The number of rotatable bonds is 7. The van der Waals surface area contributed by atoms with Crippen LogP contribution < -0.4 is 9.80 Å². The number of phenolic OH excluding ortho intramolecular Hbond substituents is 1. The number of halogens is 7. The van der Waals surface area contributed by atoms with Crippen molar-refractivity contribution in [2.24, 2.45) is 17.8 Å². The summed E-state index contributed by atoms with van der Waals surface area (Å²) in [6, 6.07) is 18.6. The van der Waals surface area contributed by atoms with Gasteiger partial charge in [0.2, 0.25) is 17.6 Å². The minimum Gasteiger partial charge on any atom is -0.507 e. The maximum Gasteiger partial charge on any atom is 0.258 e. The van der Waals surface area contributed by atoms with Gasteiger partial charge in [0.15, 0.2) is 38.8 Å². The number of phenols is 1. The van der Waals surface area contributed by atoms with Crippen LogP contribution in [0.15, 0.2) is 97.1 Å². The number of carbonyl (C=O) groups is 5. The average molecular weight is 822 g/mol. The lowest BCUT2D eigenvalue weighted by Gasteiger charge is -2.50. The van der Waals surface area contributed by atoms with Gasteiger partial charge in [0.25, 0.3) is 11.8 Å². The van der Waals surface area contributed by atoms with E-state index >= 15 is 8.78 Å². The first-order chi connectivity index (χ1) is 27.1. The second-order valence-electron chi connectivity index (χ2n) is 14.3. The fraction of sp³-hybridized carbons (Fsp3) is 0.214. The Morgan fingerprint density at radius 1 is 0.772 bits per heavy atom. The zero-order valence-electron chi connectivity index (χ0n) is 29.2. The third-order valence-electron chi connectivity index (χ3n) is 11.5. The molecule has 0 bridgehead atoms. The van der Waals surface area contributed by atoms with E-state index < -0.39 is 104 Å². The molecule has 2 aliphatic heterocycles. The lowest BCUT2D eigenvalue weighted by atomic mass is 9.56. The fourth-order valence-corrected chi connectivity index (χ4v) is 9.78. The standard InChI is InChI=1S/C42H27Cl2F5N2O6/c1-2-7-19-10-6-11-25(36(19)53)28-23-16-17-24-27(38(55)50(37(24)54)22-14-12-21(13-15-22)35(52)20-8-4-3-5-9-20)26(23)18-41(43)39(56)51(40(57)42(28,41)44)34-32(48)30(46)29(45)31(47)33(34)49/h2-6,8-16,24,26-28,53H,1,7,17-18H2/t24-,26+,27-,28+,41+,42-/m0/s1. The van der Waals surface area contributed by atoms with Crippen LogP contribution in [0.4, 0.5) is 33.3 Å². The van der Waals surface area contributed by atoms with Crippen molar-refractivity contribution in [1.82, 2.24) is 0 Å². The first-order valence-electron chi connectivity index (χ1n) is 17.6. The molecule has 4 aromatic rings. The number of ketones is 1. The number of anilines is 2. The Morgan fingerprint density at radius 3 is 2.02 bits per heavy atom. The van der Waals surface area contributed by atoms with Crippen LogP contribution in [0.25, 0.3) is 0 Å². The Hall–Kier alpha value is -5.66. The summed E-state index contributed by atoms with van der Waals surface area (Å²) in [6.45, 7) is 3.67. The molecule has 57 heavy (non-hydrogen) atoms. The molecule has 1 N–H and O–H groups in total. The molecule has 2 heterocycles. The van der Waals surface area contributed by atoms with E-state index in [2.05, 4.69) is 6.58 Å². The number of para-hydroxylation sites is 1. The molecule has 3 fully saturated rings. The summed E-state index contributed by atoms with van der Waals surface area (Å²) in [5.41, 5.74) is -0.715. The van der Waals surface area contributed by atoms with Crippen LogP contribution in [0, 0.1) is 46.8 Å². The Kier molecular flexibility index (Phi) is 9.04. The molecule has 4 aromatic carbocycles. The zero-order chi connectivity index (χ0) is 40.9. The van der Waals surface area contributed by atoms with E-state index in [1.807, 2.05) is 0 Å². The van der Waals surface area contributed by atoms with Gasteiger partial charge in [-0.2, -0.15) is 0 Å². The summed E-state index contributed by atoms with van der Waals surface area (Å²) < 4.78 is 74.0. The quantitative estimate of drug-likeness (QED) is 0.0388. The third-order valence-corrected chi connectivity index (χ3v) is 12.9. The lowest BCUT2D eigenvalue weighted by molar-refractivity contribution is -0.125. The van der Waals surface area contributed by atoms with E-state index in [4.69, 9.17) is 23.2 Å². The monoisotopic (exact) mass is 820 g/mol. The molecule has 8 nitrogen and oxygen atoms in total. The molecule has 0 spiro atoms. The van der Waals surface area contributed by atoms with Gasteiger partial charge in [-0.1, -0.05) is 66.3 Å². The molecule has 2 aliphatic carbocycles. The summed E-state index contributed by atoms with van der Waals surface area (Å²) in [5.74, 6) is -22.9. The molecule has 290 valence electrons. The second-order valence-corrected chi connectivity index (χ2v) is 15.5. The van der Waals surface area contributed by atoms with E-state index in [-0.39, 0.29) is 51.5 Å². The molecule has 4 amide bonds. The zero-order valence-corrected chi connectivity index (χ0v) is 30.8. The summed E-state index contributed by atoms with van der Waals surface area (Å²) in [5, 5.41) is 11.6. The predicted octanol–water partition coefficient (Wildman–Crippen LogP) is 7.82. The van der Waals surface area contributed by atoms with Gasteiger partial charge in [-0.25, -0.2) is 26.9 Å². The summed E-state index contributed by atoms with van der Waals surface area (Å²) >= 11 is 14.4. The van der Waals surface area contributed by atoms with Crippen LogP contribution in [0.2, 0.25) is 0 Å². The highest BCUT2D eigenvalue weighted by Crippen LogP contribution is 2.67. The van der Waals surface area contributed by atoms with Crippen LogP contribution in [-0.2, 0) is 25.6 Å². The number of nitrogens with zero attached hydrogens (tertiary/aromatic N) is 2. The highest BCUT2D eigenvalue weighted by atomic mass is 35.5. The van der Waals surface area contributed by atoms with Crippen molar-refractivity contribution in [2.45, 2.75) is 34.9 Å². The number of alkyl halides is 2. The van der Waals surface area contributed by atoms with E-state index in [9.17, 15) is 42.3 Å². The van der Waals surface area contributed by atoms with E-state index in [1.54, 1.807) is 30.3 Å². The van der Waals surface area contributed by atoms with Gasteiger partial charge in [-0.15, -0.1) is 29.8 Å². The normalized spacial score (nSPS) is 26.6. The van der Waals surface area contributed by atoms with E-state index in [0.717, 1.165) is 4.90 Å². The first-order valence-corrected chi connectivity index (χ1v) is 18.3. The molecular formula is C42H27Cl2F5N2O6. The third kappa shape index (κ3) is 5.20. The van der Waals surface area contributed by atoms with Gasteiger partial charge in [-0.3, -0.25) is 28.9 Å². The summed E-state index contributed by atoms with van der Waals surface area (Å²) in [7, 11) is 0. The lowest BCUT2D eigenvalue weighted by Crippen LogP contribution is -2.60. The van der Waals surface area contributed by atoms with Crippen molar-refractivity contribution in [1.29, 1.82) is 0 Å². The van der Waals surface area contributed by atoms with Crippen molar-refractivity contribution < 1.29 is 51.0 Å². The average Bonchev–Trinajstić information content (AvgIpc) is 3.55. The smallest absolute Gasteiger partial charge is 0.258 e. The van der Waals surface area contributed by atoms with E-state index in [1.165, 1.54) is 54.6 Å². The molecule has 0 unspecified atom stereocenters. The largest absolute Gasteiger partial charge is 0.507 e. The van der Waals surface area contributed by atoms with Crippen molar-refractivity contribution >= 4 is 64.0 Å². The van der Waals surface area contributed by atoms with Crippen LogP contribution in [0.5, 0.6) is 5.75 Å². The van der Waals surface area contributed by atoms with Gasteiger partial charge in [-0.05, 0) is 55.0 Å². The first kappa shape index (κ1) is 38.2. The van der Waals surface area contributed by atoms with Crippen LogP contribution in [0.1, 0.15) is 45.8 Å². The predicted molar refractivity (Wildman–Crippen MR) is 197 cm³/mol. The molecule has 0 radical (unpaired) electrons. The maximum atomic E-state index is 15.4. The van der Waals surface area contributed by atoms with Crippen molar-refractivity contribution in [2.75, 3.05) is 9.80 Å². The molecular weight excluding hydrogens is 794 g/mol. The number of hydrogen-bond donors (Lipinski definition) is 1. The molecule has 4 aliphatic rings. The van der Waals surface area contributed by atoms with Crippen molar-refractivity contribution in [3.8, 4) is 5.75 Å². The number of amides is 4. The fourth-order valence-electron chi connectivity index (χ4n) is 8.85. The highest BCUT2D eigenvalue weighted by molar-refractivity contribution is 6.58. The minimum absolute atomic E-state index is 0.0993. The minimum atomic E-state index is -2.79. The number of carbonyl (C=O) groups excluding carboxylic acids is 5. The van der Waals surface area contributed by atoms with Crippen LogP contribution in [-0.4, -0.2) is 44.3 Å². The summed E-state index contributed by atoms with van der Waals surface area (Å²) in [6.07, 6.45) is 2.29. The number of benzene rings is 4. The van der Waals surface area contributed by atoms with Gasteiger partial charge >= 0.3 is 0 Å². The molecule has 2 saturated heterocycles. The highest BCUT2D eigenvalue weighted by Gasteiger charge is 2.77. The molecule has 6 atom stereocenters. The molecule has 15 heteroatoms. The topological polar surface area (TPSA) is 112 Å². The number of imide groups is 2. The van der Waals surface area contributed by atoms with Gasteiger partial charge in [0.05, 0.1) is 17.5 Å². The summed E-state index contributed by atoms with van der Waals surface area (Å²) in [4.78, 5) is 65.7. The van der Waals surface area contributed by atoms with Gasteiger partial charge in [0, 0.05) is 22.6 Å². The Bertz CT molecular complexity index is 2490. The van der Waals surface area contributed by atoms with Gasteiger partial charge < -0.3 is 5.11 Å². The number of hydrogen-bond acceptors (Lipinski definition) is 6. The molecule has 1 saturated carbocycles. The number of aromatic hydroxyl groups is 1. The SMILES string of the molecule is C=CCc1cccc([C@H]2C3=CC[C@@H]4C(=O)N(c5ccc(C(=O)c6ccccc6)cc5)C(=O)[C@@H]4[C@@H]3C[C@@]3(Cl)C(=O)N(c4c(F)c(F)c(F)c(F)c4F)C(=O)[C@@]23Cl)c1O. The molecule has 0 aromatic heterocycles. The van der Waals surface area contributed by atoms with Crippen molar-refractivity contribution in [3.63, 3.8) is 0 Å². The van der Waals surface area contributed by atoms with Crippen molar-refractivity contribution in [3.05, 3.63) is 148 Å². The van der Waals surface area contributed by atoms with Crippen LogP contribution >= 0.6 is 23.2 Å². The number of allylic oxidation sites excluding steroid dienone is 3. The Morgan fingerprint density at radius 2 is 1.39 bits per heavy atom. The Labute approximate surface area is 330 Å². The van der Waals surface area contributed by atoms with E-state index in [0.29, 0.717) is 5.56 Å². The van der Waals surface area contributed by atoms with Gasteiger partial charge in [0.1, 0.15) is 11.4 Å². The number of fused-ring (bicyclic) bond motifs is 4. The molecule has 8 rings (SSSR count). The Balaban J connectivity index is 1.25. The maximum absolute atomic E-state index is 15.4. The van der Waals surface area contributed by atoms with Crippen LogP contribution in [0.3, 0.4) is 0 Å². The second kappa shape index (κ2) is 13.5.